The van der Waals surface area contributed by atoms with E-state index >= 15 is 0 Å². The Labute approximate surface area is 123 Å². The Balaban J connectivity index is 2.81. The van der Waals surface area contributed by atoms with E-state index in [0.717, 1.165) is 24.3 Å². The van der Waals surface area contributed by atoms with E-state index in [1.165, 1.54) is 0 Å². The Kier molecular flexibility index (Phi) is 5.32. The van der Waals surface area contributed by atoms with Gasteiger partial charge in [-0.15, -0.1) is 0 Å². The molecule has 1 rings (SSSR count). The molecule has 0 aromatic heterocycles. The monoisotopic (exact) mass is 278 g/mol. The maximum Gasteiger partial charge on any atom is 0.144 e. The van der Waals surface area contributed by atoms with Gasteiger partial charge in [0.25, 0.3) is 0 Å². The second-order valence-electron chi connectivity index (χ2n) is 7.35. The van der Waals surface area contributed by atoms with Crippen molar-refractivity contribution in [1.29, 1.82) is 0 Å². The number of nitrogen functional groups attached to an aromatic ring is 1. The SMILES string of the molecule is CCCOc1cc(NC(C)(C)CC(C)(C)C)ccc1N. The van der Waals surface area contributed by atoms with E-state index in [4.69, 9.17) is 10.5 Å². The molecule has 0 saturated carbocycles. The third-order valence-electron chi connectivity index (χ3n) is 2.93. The molecular weight excluding hydrogens is 248 g/mol. The number of rotatable bonds is 6. The molecule has 0 saturated heterocycles. The molecule has 3 nitrogen and oxygen atoms in total. The number of benzene rings is 1. The lowest BCUT2D eigenvalue weighted by Gasteiger charge is -2.34. The van der Waals surface area contributed by atoms with E-state index in [0.29, 0.717) is 12.3 Å². The molecule has 0 atom stereocenters. The summed E-state index contributed by atoms with van der Waals surface area (Å²) in [6.45, 7) is 14.0. The molecule has 0 bridgehead atoms. The zero-order valence-electron chi connectivity index (χ0n) is 13.8. The summed E-state index contributed by atoms with van der Waals surface area (Å²) >= 11 is 0. The number of nitrogens with two attached hydrogens (primary N) is 1. The van der Waals surface area contributed by atoms with Gasteiger partial charge in [-0.05, 0) is 44.2 Å². The van der Waals surface area contributed by atoms with Crippen molar-refractivity contribution in [2.24, 2.45) is 5.41 Å². The van der Waals surface area contributed by atoms with Crippen molar-refractivity contribution in [2.75, 3.05) is 17.7 Å². The lowest BCUT2D eigenvalue weighted by Crippen LogP contribution is -2.35. The van der Waals surface area contributed by atoms with Gasteiger partial charge in [0.05, 0.1) is 12.3 Å². The maximum absolute atomic E-state index is 5.94. The topological polar surface area (TPSA) is 47.3 Å². The highest BCUT2D eigenvalue weighted by Gasteiger charge is 2.25. The van der Waals surface area contributed by atoms with Gasteiger partial charge in [-0.3, -0.25) is 0 Å². The van der Waals surface area contributed by atoms with E-state index < -0.39 is 0 Å². The average molecular weight is 278 g/mol. The highest BCUT2D eigenvalue weighted by Crippen LogP contribution is 2.32. The molecule has 1 aromatic carbocycles. The van der Waals surface area contributed by atoms with Gasteiger partial charge in [0.15, 0.2) is 0 Å². The number of anilines is 2. The van der Waals surface area contributed by atoms with Gasteiger partial charge < -0.3 is 15.8 Å². The number of hydrogen-bond acceptors (Lipinski definition) is 3. The standard InChI is InChI=1S/C17H30N2O/c1-7-10-20-15-11-13(8-9-14(15)18)19-17(5,6)12-16(2,3)4/h8-9,11,19H,7,10,12,18H2,1-6H3. The van der Waals surface area contributed by atoms with Crippen LogP contribution >= 0.6 is 0 Å². The molecule has 0 spiro atoms. The van der Waals surface area contributed by atoms with Crippen molar-refractivity contribution in [2.45, 2.75) is 59.9 Å². The predicted molar refractivity (Wildman–Crippen MR) is 88.4 cm³/mol. The van der Waals surface area contributed by atoms with Gasteiger partial charge in [0.1, 0.15) is 5.75 Å². The van der Waals surface area contributed by atoms with Gasteiger partial charge >= 0.3 is 0 Å². The average Bonchev–Trinajstić information content (AvgIpc) is 2.26. The molecule has 0 aliphatic carbocycles. The van der Waals surface area contributed by atoms with Crippen LogP contribution in [0.2, 0.25) is 0 Å². The first-order valence-electron chi connectivity index (χ1n) is 7.43. The first-order valence-corrected chi connectivity index (χ1v) is 7.43. The lowest BCUT2D eigenvalue weighted by molar-refractivity contribution is 0.302. The van der Waals surface area contributed by atoms with Crippen LogP contribution in [0.4, 0.5) is 11.4 Å². The van der Waals surface area contributed by atoms with Gasteiger partial charge in [-0.2, -0.15) is 0 Å². The second kappa shape index (κ2) is 6.38. The predicted octanol–water partition coefficient (Wildman–Crippen LogP) is 4.68. The molecule has 20 heavy (non-hydrogen) atoms. The highest BCUT2D eigenvalue weighted by molar-refractivity contribution is 5.62. The van der Waals surface area contributed by atoms with E-state index in [2.05, 4.69) is 46.9 Å². The molecule has 0 unspecified atom stereocenters. The van der Waals surface area contributed by atoms with E-state index in [9.17, 15) is 0 Å². The zero-order chi connectivity index (χ0) is 15.4. The molecule has 114 valence electrons. The Morgan fingerprint density at radius 3 is 2.35 bits per heavy atom. The smallest absolute Gasteiger partial charge is 0.144 e. The van der Waals surface area contributed by atoms with Crippen molar-refractivity contribution in [3.05, 3.63) is 18.2 Å². The molecule has 0 amide bonds. The third-order valence-corrected chi connectivity index (χ3v) is 2.93. The van der Waals surface area contributed by atoms with Crippen molar-refractivity contribution in [3.8, 4) is 5.75 Å². The van der Waals surface area contributed by atoms with Crippen molar-refractivity contribution in [3.63, 3.8) is 0 Å². The maximum atomic E-state index is 5.94. The quantitative estimate of drug-likeness (QED) is 0.742. The highest BCUT2D eigenvalue weighted by atomic mass is 16.5. The third kappa shape index (κ3) is 5.72. The first-order chi connectivity index (χ1) is 9.13. The minimum atomic E-state index is 0.0242. The Morgan fingerprint density at radius 1 is 1.15 bits per heavy atom. The minimum absolute atomic E-state index is 0.0242. The van der Waals surface area contributed by atoms with Gasteiger partial charge in [-0.25, -0.2) is 0 Å². The summed E-state index contributed by atoms with van der Waals surface area (Å²) < 4.78 is 5.68. The molecule has 0 heterocycles. The second-order valence-corrected chi connectivity index (χ2v) is 7.35. The fraction of sp³-hybridized carbons (Fsp3) is 0.647. The van der Waals surface area contributed by atoms with Gasteiger partial charge in [0, 0.05) is 17.3 Å². The summed E-state index contributed by atoms with van der Waals surface area (Å²) in [4.78, 5) is 0. The first kappa shape index (κ1) is 16.7. The van der Waals surface area contributed by atoms with Crippen LogP contribution in [-0.2, 0) is 0 Å². The molecule has 0 aliphatic rings. The number of nitrogens with one attached hydrogen (secondary N) is 1. The summed E-state index contributed by atoms with van der Waals surface area (Å²) in [5.74, 6) is 0.767. The molecule has 3 heteroatoms. The van der Waals surface area contributed by atoms with Crippen LogP contribution in [-0.4, -0.2) is 12.1 Å². The Hall–Kier alpha value is -1.38. The molecule has 1 aromatic rings. The molecule has 3 N–H and O–H groups in total. The van der Waals surface area contributed by atoms with Gasteiger partial charge in [0.2, 0.25) is 0 Å². The molecule has 0 fully saturated rings. The molecule has 0 aliphatic heterocycles. The van der Waals surface area contributed by atoms with Crippen LogP contribution in [0.3, 0.4) is 0 Å². The Bertz CT molecular complexity index is 433. The molecular formula is C17H30N2O. The van der Waals surface area contributed by atoms with Gasteiger partial charge in [-0.1, -0.05) is 27.7 Å². The fourth-order valence-corrected chi connectivity index (χ4v) is 2.71. The summed E-state index contributed by atoms with van der Waals surface area (Å²) in [5.41, 5.74) is 8.00. The van der Waals surface area contributed by atoms with Crippen LogP contribution < -0.4 is 15.8 Å². The van der Waals surface area contributed by atoms with Crippen LogP contribution in [0.5, 0.6) is 5.75 Å². The summed E-state index contributed by atoms with van der Waals surface area (Å²) in [6.07, 6.45) is 2.06. The van der Waals surface area contributed by atoms with E-state index in [-0.39, 0.29) is 11.0 Å². The summed E-state index contributed by atoms with van der Waals surface area (Å²) in [5, 5.41) is 3.58. The van der Waals surface area contributed by atoms with Crippen molar-refractivity contribution < 1.29 is 4.74 Å². The minimum Gasteiger partial charge on any atom is -0.491 e. The zero-order valence-corrected chi connectivity index (χ0v) is 13.8. The van der Waals surface area contributed by atoms with Crippen LogP contribution in [0.1, 0.15) is 54.4 Å². The van der Waals surface area contributed by atoms with E-state index in [1.54, 1.807) is 0 Å². The van der Waals surface area contributed by atoms with Crippen molar-refractivity contribution in [1.82, 2.24) is 0 Å². The number of hydrogen-bond donors (Lipinski definition) is 2. The number of ether oxygens (including phenoxy) is 1. The largest absolute Gasteiger partial charge is 0.491 e. The molecule has 0 radical (unpaired) electrons. The van der Waals surface area contributed by atoms with Crippen LogP contribution in [0.25, 0.3) is 0 Å². The normalized spacial score (nSPS) is 12.3. The summed E-state index contributed by atoms with van der Waals surface area (Å²) in [7, 11) is 0. The summed E-state index contributed by atoms with van der Waals surface area (Å²) in [6, 6.07) is 5.91. The fourth-order valence-electron chi connectivity index (χ4n) is 2.71. The van der Waals surface area contributed by atoms with Crippen LogP contribution in [0, 0.1) is 5.41 Å². The van der Waals surface area contributed by atoms with E-state index in [1.807, 2.05) is 18.2 Å². The Morgan fingerprint density at radius 2 is 1.80 bits per heavy atom. The van der Waals surface area contributed by atoms with Crippen LogP contribution in [0.15, 0.2) is 18.2 Å². The van der Waals surface area contributed by atoms with Crippen molar-refractivity contribution >= 4 is 11.4 Å². The lowest BCUT2D eigenvalue weighted by atomic mass is 9.81.